The summed E-state index contributed by atoms with van der Waals surface area (Å²) in [6.07, 6.45) is 3.77. The van der Waals surface area contributed by atoms with E-state index in [0.29, 0.717) is 5.82 Å². The molecule has 0 saturated carbocycles. The number of carbonyl (C=O) groups excluding carboxylic acids is 1. The first-order valence-electron chi connectivity index (χ1n) is 4.61. The zero-order valence-corrected chi connectivity index (χ0v) is 8.53. The number of aromatic nitrogens is 4. The Kier molecular flexibility index (Phi) is 2.81. The minimum atomic E-state index is -0.573. The number of carbonyl (C=O) groups is 1. The highest BCUT2D eigenvalue weighted by Crippen LogP contribution is 2.07. The van der Waals surface area contributed by atoms with E-state index in [1.807, 2.05) is 0 Å². The molecule has 0 atom stereocenters. The molecule has 9 nitrogen and oxygen atoms in total. The quantitative estimate of drug-likeness (QED) is 0.578. The SMILES string of the molecule is O=C(Cn1cc([N+](=O)[O-])cn1)Nc1ccn[nH]1. The van der Waals surface area contributed by atoms with Gasteiger partial charge in [0.25, 0.3) is 0 Å². The Morgan fingerprint density at radius 2 is 2.47 bits per heavy atom. The molecular formula is C8H8N6O3. The van der Waals surface area contributed by atoms with Gasteiger partial charge in [0.1, 0.15) is 24.8 Å². The van der Waals surface area contributed by atoms with Crippen molar-refractivity contribution in [1.82, 2.24) is 20.0 Å². The predicted molar refractivity (Wildman–Crippen MR) is 56.1 cm³/mol. The van der Waals surface area contributed by atoms with Gasteiger partial charge in [0.15, 0.2) is 0 Å². The molecule has 0 unspecified atom stereocenters. The first-order chi connectivity index (χ1) is 8.15. The maximum atomic E-state index is 11.5. The van der Waals surface area contributed by atoms with Crippen LogP contribution in [0.4, 0.5) is 11.5 Å². The number of nitrogens with one attached hydrogen (secondary N) is 2. The van der Waals surface area contributed by atoms with Crippen LogP contribution in [0, 0.1) is 10.1 Å². The number of hydrogen-bond donors (Lipinski definition) is 2. The van der Waals surface area contributed by atoms with Gasteiger partial charge in [-0.3, -0.25) is 24.7 Å². The van der Waals surface area contributed by atoms with Gasteiger partial charge in [0, 0.05) is 6.07 Å². The Labute approximate surface area is 94.6 Å². The van der Waals surface area contributed by atoms with E-state index in [9.17, 15) is 14.9 Å². The van der Waals surface area contributed by atoms with Crippen molar-refractivity contribution in [1.29, 1.82) is 0 Å². The maximum absolute atomic E-state index is 11.5. The number of hydrogen-bond acceptors (Lipinski definition) is 5. The first kappa shape index (κ1) is 10.8. The molecule has 2 heterocycles. The molecule has 0 saturated heterocycles. The molecule has 0 aliphatic rings. The summed E-state index contributed by atoms with van der Waals surface area (Å²) in [6, 6.07) is 1.59. The summed E-state index contributed by atoms with van der Waals surface area (Å²) in [6.45, 7) is -0.104. The van der Waals surface area contributed by atoms with Crippen LogP contribution in [0.5, 0.6) is 0 Å². The van der Waals surface area contributed by atoms with Crippen molar-refractivity contribution in [2.75, 3.05) is 5.32 Å². The standard InChI is InChI=1S/C8H8N6O3/c15-8(11-7-1-2-9-12-7)5-13-4-6(3-10-13)14(16)17/h1-4H,5H2,(H2,9,11,12,15). The van der Waals surface area contributed by atoms with Gasteiger partial charge in [-0.15, -0.1) is 0 Å². The number of nitrogens with zero attached hydrogens (tertiary/aromatic N) is 4. The van der Waals surface area contributed by atoms with Gasteiger partial charge >= 0.3 is 5.69 Å². The molecule has 0 radical (unpaired) electrons. The van der Waals surface area contributed by atoms with Gasteiger partial charge < -0.3 is 5.32 Å². The lowest BCUT2D eigenvalue weighted by Crippen LogP contribution is -2.19. The second-order valence-electron chi connectivity index (χ2n) is 3.17. The summed E-state index contributed by atoms with van der Waals surface area (Å²) in [4.78, 5) is 21.3. The van der Waals surface area contributed by atoms with Gasteiger partial charge in [-0.25, -0.2) is 0 Å². The van der Waals surface area contributed by atoms with E-state index in [1.165, 1.54) is 17.1 Å². The Bertz CT molecular complexity index is 531. The second kappa shape index (κ2) is 4.43. The lowest BCUT2D eigenvalue weighted by Gasteiger charge is -2.01. The molecule has 17 heavy (non-hydrogen) atoms. The minimum Gasteiger partial charge on any atom is -0.309 e. The normalized spacial score (nSPS) is 10.1. The van der Waals surface area contributed by atoms with Crippen molar-refractivity contribution in [3.05, 3.63) is 34.8 Å². The number of nitro groups is 1. The van der Waals surface area contributed by atoms with Crippen molar-refractivity contribution >= 4 is 17.4 Å². The highest BCUT2D eigenvalue weighted by molar-refractivity contribution is 5.89. The van der Waals surface area contributed by atoms with Gasteiger partial charge in [-0.1, -0.05) is 0 Å². The lowest BCUT2D eigenvalue weighted by molar-refractivity contribution is -0.385. The van der Waals surface area contributed by atoms with Crippen LogP contribution in [0.25, 0.3) is 0 Å². The topological polar surface area (TPSA) is 119 Å². The van der Waals surface area contributed by atoms with Crippen LogP contribution in [0.15, 0.2) is 24.7 Å². The van der Waals surface area contributed by atoms with Gasteiger partial charge in [0.05, 0.1) is 11.1 Å². The van der Waals surface area contributed by atoms with Crippen LogP contribution in [-0.2, 0) is 11.3 Å². The third kappa shape index (κ3) is 2.65. The van der Waals surface area contributed by atoms with E-state index < -0.39 is 4.92 Å². The van der Waals surface area contributed by atoms with E-state index in [0.717, 1.165) is 6.20 Å². The van der Waals surface area contributed by atoms with Crippen molar-refractivity contribution in [2.24, 2.45) is 0 Å². The van der Waals surface area contributed by atoms with Crippen LogP contribution < -0.4 is 5.32 Å². The molecule has 9 heteroatoms. The van der Waals surface area contributed by atoms with Crippen LogP contribution in [0.3, 0.4) is 0 Å². The third-order valence-corrected chi connectivity index (χ3v) is 1.91. The summed E-state index contributed by atoms with van der Waals surface area (Å²) in [5.41, 5.74) is -0.153. The molecular weight excluding hydrogens is 228 g/mol. The summed E-state index contributed by atoms with van der Waals surface area (Å²) in [5, 5.41) is 22.8. The summed E-state index contributed by atoms with van der Waals surface area (Å²) in [7, 11) is 0. The number of H-pyrrole nitrogens is 1. The predicted octanol–water partition coefficient (Wildman–Crippen LogP) is 0.153. The smallest absolute Gasteiger partial charge is 0.307 e. The van der Waals surface area contributed by atoms with Crippen LogP contribution >= 0.6 is 0 Å². The van der Waals surface area contributed by atoms with Crippen molar-refractivity contribution in [3.8, 4) is 0 Å². The maximum Gasteiger partial charge on any atom is 0.307 e. The average molecular weight is 236 g/mol. The molecule has 0 aromatic carbocycles. The van der Waals surface area contributed by atoms with Gasteiger partial charge in [0.2, 0.25) is 5.91 Å². The Morgan fingerprint density at radius 1 is 1.65 bits per heavy atom. The molecule has 2 rings (SSSR count). The number of rotatable bonds is 4. The molecule has 0 fully saturated rings. The molecule has 0 spiro atoms. The third-order valence-electron chi connectivity index (χ3n) is 1.91. The highest BCUT2D eigenvalue weighted by Gasteiger charge is 2.11. The first-order valence-corrected chi connectivity index (χ1v) is 4.61. The Balaban J connectivity index is 1.96. The van der Waals surface area contributed by atoms with E-state index in [2.05, 4.69) is 20.6 Å². The Hall–Kier alpha value is -2.71. The molecule has 0 aliphatic carbocycles. The molecule has 0 bridgehead atoms. The number of anilines is 1. The fourth-order valence-electron chi connectivity index (χ4n) is 1.20. The fourth-order valence-corrected chi connectivity index (χ4v) is 1.20. The van der Waals surface area contributed by atoms with E-state index in [4.69, 9.17) is 0 Å². The summed E-state index contributed by atoms with van der Waals surface area (Å²) < 4.78 is 1.18. The van der Waals surface area contributed by atoms with Crippen molar-refractivity contribution in [2.45, 2.75) is 6.54 Å². The summed E-state index contributed by atoms with van der Waals surface area (Å²) >= 11 is 0. The lowest BCUT2D eigenvalue weighted by atomic mass is 10.5. The van der Waals surface area contributed by atoms with E-state index in [-0.39, 0.29) is 18.1 Å². The summed E-state index contributed by atoms with van der Waals surface area (Å²) in [5.74, 6) is 0.101. The molecule has 2 aromatic heterocycles. The molecule has 0 aliphatic heterocycles. The van der Waals surface area contributed by atoms with Gasteiger partial charge in [-0.05, 0) is 0 Å². The average Bonchev–Trinajstić information content (AvgIpc) is 2.88. The second-order valence-corrected chi connectivity index (χ2v) is 3.17. The van der Waals surface area contributed by atoms with Crippen LogP contribution in [0.2, 0.25) is 0 Å². The largest absolute Gasteiger partial charge is 0.309 e. The monoisotopic (exact) mass is 236 g/mol. The molecule has 1 amide bonds. The zero-order chi connectivity index (χ0) is 12.3. The van der Waals surface area contributed by atoms with Gasteiger partial charge in [-0.2, -0.15) is 10.2 Å². The minimum absolute atomic E-state index is 0.104. The Morgan fingerprint density at radius 3 is 3.06 bits per heavy atom. The number of amides is 1. The van der Waals surface area contributed by atoms with Crippen molar-refractivity contribution in [3.63, 3.8) is 0 Å². The molecule has 88 valence electrons. The van der Waals surface area contributed by atoms with E-state index in [1.54, 1.807) is 6.07 Å². The van der Waals surface area contributed by atoms with Crippen LogP contribution in [-0.4, -0.2) is 30.8 Å². The highest BCUT2D eigenvalue weighted by atomic mass is 16.6. The van der Waals surface area contributed by atoms with E-state index >= 15 is 0 Å². The van der Waals surface area contributed by atoms with Crippen LogP contribution in [0.1, 0.15) is 0 Å². The van der Waals surface area contributed by atoms with Crippen molar-refractivity contribution < 1.29 is 9.72 Å². The fraction of sp³-hybridized carbons (Fsp3) is 0.125. The molecule has 2 N–H and O–H groups in total. The molecule has 2 aromatic rings. The number of aromatic amines is 1. The zero-order valence-electron chi connectivity index (χ0n) is 8.53.